The lowest BCUT2D eigenvalue weighted by atomic mass is 9.99. The van der Waals surface area contributed by atoms with Crippen molar-refractivity contribution in [1.82, 2.24) is 0 Å². The summed E-state index contributed by atoms with van der Waals surface area (Å²) in [6.07, 6.45) is 1.17. The molecule has 2 heteroatoms. The van der Waals surface area contributed by atoms with E-state index in [1.165, 1.54) is 6.42 Å². The van der Waals surface area contributed by atoms with E-state index >= 15 is 0 Å². The third-order valence-electron chi connectivity index (χ3n) is 2.31. The first-order valence-electron chi connectivity index (χ1n) is 5.21. The molecule has 80 valence electrons. The average molecular weight is 251 g/mol. The Kier molecular flexibility index (Phi) is 8.07. The lowest BCUT2D eigenvalue weighted by Gasteiger charge is -2.18. The Morgan fingerprint density at radius 2 is 1.77 bits per heavy atom. The van der Waals surface area contributed by atoms with Crippen molar-refractivity contribution in [3.63, 3.8) is 0 Å². The van der Waals surface area contributed by atoms with Gasteiger partial charge in [0.25, 0.3) is 0 Å². The Labute approximate surface area is 91.4 Å². The Morgan fingerprint density at radius 3 is 2.15 bits per heavy atom. The van der Waals surface area contributed by atoms with Gasteiger partial charge in [0.1, 0.15) is 0 Å². The molecule has 0 aliphatic carbocycles. The summed E-state index contributed by atoms with van der Waals surface area (Å²) in [5.41, 5.74) is 0. The lowest BCUT2D eigenvalue weighted by Crippen LogP contribution is -2.18. The van der Waals surface area contributed by atoms with Crippen LogP contribution in [0.5, 0.6) is 0 Å². The first-order chi connectivity index (χ1) is 6.07. The van der Waals surface area contributed by atoms with Crippen molar-refractivity contribution in [1.29, 1.82) is 0 Å². The molecule has 0 fully saturated rings. The Hall–Kier alpha value is 0.440. The van der Waals surface area contributed by atoms with Gasteiger partial charge in [0.2, 0.25) is 0 Å². The molecule has 0 spiro atoms. The van der Waals surface area contributed by atoms with Gasteiger partial charge in [-0.3, -0.25) is 0 Å². The van der Waals surface area contributed by atoms with E-state index in [0.29, 0.717) is 11.8 Å². The fraction of sp³-hybridized carbons (Fsp3) is 1.00. The van der Waals surface area contributed by atoms with E-state index in [9.17, 15) is 0 Å². The van der Waals surface area contributed by atoms with Gasteiger partial charge >= 0.3 is 0 Å². The SMILES string of the molecule is CC(C)CCOCC(CBr)C(C)C. The molecule has 1 nitrogen and oxygen atoms in total. The molecule has 0 aromatic rings. The molecule has 0 aromatic heterocycles. The van der Waals surface area contributed by atoms with E-state index in [1.54, 1.807) is 0 Å². The molecule has 0 heterocycles. The second-order valence-corrected chi connectivity index (χ2v) is 5.06. The van der Waals surface area contributed by atoms with Crippen molar-refractivity contribution in [2.24, 2.45) is 17.8 Å². The number of ether oxygens (including phenoxy) is 1. The number of alkyl halides is 1. The van der Waals surface area contributed by atoms with Crippen LogP contribution in [0.15, 0.2) is 0 Å². The highest BCUT2D eigenvalue weighted by Gasteiger charge is 2.11. The predicted molar refractivity (Wildman–Crippen MR) is 62.4 cm³/mol. The molecule has 0 saturated carbocycles. The molecule has 1 atom stereocenters. The quantitative estimate of drug-likeness (QED) is 0.495. The van der Waals surface area contributed by atoms with E-state index < -0.39 is 0 Å². The van der Waals surface area contributed by atoms with Crippen LogP contribution in [0.3, 0.4) is 0 Å². The molecule has 0 N–H and O–H groups in total. The zero-order chi connectivity index (χ0) is 10.3. The van der Waals surface area contributed by atoms with E-state index in [4.69, 9.17) is 4.74 Å². The summed E-state index contributed by atoms with van der Waals surface area (Å²) in [5.74, 6) is 2.12. The van der Waals surface area contributed by atoms with Crippen LogP contribution >= 0.6 is 15.9 Å². The molecule has 0 aliphatic heterocycles. The Balaban J connectivity index is 3.39. The molecule has 0 radical (unpaired) electrons. The van der Waals surface area contributed by atoms with Gasteiger partial charge in [-0.15, -0.1) is 0 Å². The third-order valence-corrected chi connectivity index (χ3v) is 3.14. The predicted octanol–water partition coefficient (Wildman–Crippen LogP) is 3.72. The summed E-state index contributed by atoms with van der Waals surface area (Å²) >= 11 is 3.52. The van der Waals surface area contributed by atoms with Gasteiger partial charge in [-0.2, -0.15) is 0 Å². The van der Waals surface area contributed by atoms with Gasteiger partial charge < -0.3 is 4.74 Å². The average Bonchev–Trinajstić information content (AvgIpc) is 2.03. The molecular formula is C11H23BrO. The minimum Gasteiger partial charge on any atom is -0.381 e. The number of hydrogen-bond donors (Lipinski definition) is 0. The van der Waals surface area contributed by atoms with E-state index in [0.717, 1.165) is 24.5 Å². The molecule has 0 aliphatic rings. The molecule has 0 bridgehead atoms. The van der Waals surface area contributed by atoms with Gasteiger partial charge in [0.05, 0.1) is 6.61 Å². The molecule has 0 amide bonds. The number of rotatable bonds is 7. The largest absolute Gasteiger partial charge is 0.381 e. The zero-order valence-corrected chi connectivity index (χ0v) is 10.9. The van der Waals surface area contributed by atoms with Crippen LogP contribution in [-0.2, 0) is 4.74 Å². The zero-order valence-electron chi connectivity index (χ0n) is 9.35. The Morgan fingerprint density at radius 1 is 1.15 bits per heavy atom. The fourth-order valence-corrected chi connectivity index (χ4v) is 1.90. The van der Waals surface area contributed by atoms with Crippen LogP contribution in [0.2, 0.25) is 0 Å². The smallest absolute Gasteiger partial charge is 0.0504 e. The highest BCUT2D eigenvalue weighted by atomic mass is 79.9. The van der Waals surface area contributed by atoms with Crippen LogP contribution in [0, 0.1) is 17.8 Å². The first-order valence-corrected chi connectivity index (χ1v) is 6.33. The summed E-state index contributed by atoms with van der Waals surface area (Å²) in [6.45, 7) is 10.8. The second kappa shape index (κ2) is 7.81. The van der Waals surface area contributed by atoms with E-state index in [-0.39, 0.29) is 0 Å². The van der Waals surface area contributed by atoms with Crippen molar-refractivity contribution in [3.8, 4) is 0 Å². The van der Waals surface area contributed by atoms with E-state index in [2.05, 4.69) is 43.6 Å². The molecule has 0 aromatic carbocycles. The second-order valence-electron chi connectivity index (χ2n) is 4.42. The minimum atomic E-state index is 0.659. The van der Waals surface area contributed by atoms with Crippen molar-refractivity contribution < 1.29 is 4.74 Å². The van der Waals surface area contributed by atoms with Gasteiger partial charge in [0.15, 0.2) is 0 Å². The molecule has 0 rings (SSSR count). The standard InChI is InChI=1S/C11H23BrO/c1-9(2)5-6-13-8-11(7-12)10(3)4/h9-11H,5-8H2,1-4H3. The van der Waals surface area contributed by atoms with Crippen LogP contribution in [0.25, 0.3) is 0 Å². The van der Waals surface area contributed by atoms with Gasteiger partial charge in [0, 0.05) is 11.9 Å². The van der Waals surface area contributed by atoms with Crippen LogP contribution < -0.4 is 0 Å². The van der Waals surface area contributed by atoms with Crippen molar-refractivity contribution in [2.75, 3.05) is 18.5 Å². The van der Waals surface area contributed by atoms with Crippen LogP contribution in [-0.4, -0.2) is 18.5 Å². The molecule has 1 unspecified atom stereocenters. The van der Waals surface area contributed by atoms with E-state index in [1.807, 2.05) is 0 Å². The number of halogens is 1. The van der Waals surface area contributed by atoms with Gasteiger partial charge in [-0.05, 0) is 24.2 Å². The van der Waals surface area contributed by atoms with Gasteiger partial charge in [-0.1, -0.05) is 43.6 Å². The van der Waals surface area contributed by atoms with Crippen LogP contribution in [0.4, 0.5) is 0 Å². The van der Waals surface area contributed by atoms with Crippen molar-refractivity contribution in [2.45, 2.75) is 34.1 Å². The third kappa shape index (κ3) is 7.51. The summed E-state index contributed by atoms with van der Waals surface area (Å²) in [5, 5.41) is 1.05. The normalized spacial score (nSPS) is 14.1. The fourth-order valence-electron chi connectivity index (χ4n) is 0.969. The van der Waals surface area contributed by atoms with Crippen LogP contribution in [0.1, 0.15) is 34.1 Å². The lowest BCUT2D eigenvalue weighted by molar-refractivity contribution is 0.0843. The monoisotopic (exact) mass is 250 g/mol. The summed E-state index contributed by atoms with van der Waals surface area (Å²) in [6, 6.07) is 0. The topological polar surface area (TPSA) is 9.23 Å². The minimum absolute atomic E-state index is 0.659. The summed E-state index contributed by atoms with van der Waals surface area (Å²) in [7, 11) is 0. The maximum Gasteiger partial charge on any atom is 0.0504 e. The highest BCUT2D eigenvalue weighted by molar-refractivity contribution is 9.09. The Bertz CT molecular complexity index is 113. The maximum atomic E-state index is 5.63. The summed E-state index contributed by atoms with van der Waals surface area (Å²) in [4.78, 5) is 0. The molecule has 0 saturated heterocycles. The highest BCUT2D eigenvalue weighted by Crippen LogP contribution is 2.14. The van der Waals surface area contributed by atoms with Crippen molar-refractivity contribution in [3.05, 3.63) is 0 Å². The first kappa shape index (κ1) is 13.4. The molecular weight excluding hydrogens is 228 g/mol. The molecule has 13 heavy (non-hydrogen) atoms. The van der Waals surface area contributed by atoms with Crippen molar-refractivity contribution >= 4 is 15.9 Å². The summed E-state index contributed by atoms with van der Waals surface area (Å²) < 4.78 is 5.63. The van der Waals surface area contributed by atoms with Gasteiger partial charge in [-0.25, -0.2) is 0 Å². The number of hydrogen-bond acceptors (Lipinski definition) is 1. The maximum absolute atomic E-state index is 5.63.